The van der Waals surface area contributed by atoms with Crippen molar-refractivity contribution in [3.05, 3.63) is 43.0 Å². The lowest BCUT2D eigenvalue weighted by atomic mass is 10.4. The van der Waals surface area contributed by atoms with Crippen LogP contribution in [0.3, 0.4) is 0 Å². The Morgan fingerprint density at radius 3 is 2.38 bits per heavy atom. The summed E-state index contributed by atoms with van der Waals surface area (Å²) in [5.74, 6) is 0.284. The molecule has 3 aromatic rings. The molecule has 110 valence electrons. The molecule has 0 amide bonds. The minimum absolute atomic E-state index is 0.0370. The van der Waals surface area contributed by atoms with Crippen molar-refractivity contribution in [1.29, 1.82) is 0 Å². The Morgan fingerprint density at radius 2 is 1.76 bits per heavy atom. The van der Waals surface area contributed by atoms with Crippen molar-refractivity contribution in [2.75, 3.05) is 0 Å². The zero-order valence-electron chi connectivity index (χ0n) is 10.2. The molecule has 0 aliphatic carbocycles. The van der Waals surface area contributed by atoms with Gasteiger partial charge in [-0.25, -0.2) is 13.9 Å². The highest BCUT2D eigenvalue weighted by molar-refractivity contribution is 7.90. The summed E-state index contributed by atoms with van der Waals surface area (Å²) in [4.78, 5) is 7.57. The monoisotopic (exact) mass is 316 g/mol. The molecule has 0 unspecified atom stereocenters. The average molecular weight is 316 g/mol. The van der Waals surface area contributed by atoms with Crippen LogP contribution in [0, 0.1) is 0 Å². The summed E-state index contributed by atoms with van der Waals surface area (Å²) in [6, 6.07) is 6.34. The van der Waals surface area contributed by atoms with Crippen molar-refractivity contribution in [3.8, 4) is 5.82 Å². The molecule has 0 saturated heterocycles. The Bertz CT molecular complexity index is 897. The predicted molar refractivity (Wildman–Crippen MR) is 67.2 cm³/mol. The molecule has 0 bridgehead atoms. The quantitative estimate of drug-likeness (QED) is 0.724. The van der Waals surface area contributed by atoms with Crippen LogP contribution >= 0.6 is 0 Å². The van der Waals surface area contributed by atoms with Crippen LogP contribution in [-0.4, -0.2) is 32.4 Å². The van der Waals surface area contributed by atoms with E-state index in [1.54, 1.807) is 24.5 Å². The molecular weight excluding hydrogens is 309 g/mol. The van der Waals surface area contributed by atoms with Gasteiger partial charge in [-0.3, -0.25) is 0 Å². The van der Waals surface area contributed by atoms with Crippen molar-refractivity contribution >= 4 is 21.2 Å². The third-order valence-corrected chi connectivity index (χ3v) is 4.14. The summed E-state index contributed by atoms with van der Waals surface area (Å²) >= 11 is 0. The number of aromatic nitrogens is 4. The first-order valence-corrected chi connectivity index (χ1v) is 7.04. The summed E-state index contributed by atoms with van der Waals surface area (Å²) in [7, 11) is -5.56. The van der Waals surface area contributed by atoms with E-state index in [1.165, 1.54) is 16.7 Å². The van der Waals surface area contributed by atoms with Gasteiger partial charge in [-0.2, -0.15) is 21.6 Å². The second kappa shape index (κ2) is 4.32. The van der Waals surface area contributed by atoms with Crippen molar-refractivity contribution < 1.29 is 21.6 Å². The summed E-state index contributed by atoms with van der Waals surface area (Å²) in [5.41, 5.74) is -5.75. The first kappa shape index (κ1) is 13.6. The Morgan fingerprint density at radius 1 is 1.10 bits per heavy atom. The molecular formula is C11H7F3N4O2S. The second-order valence-corrected chi connectivity index (χ2v) is 5.90. The smallest absolute Gasteiger partial charge is 0.309 e. The third-order valence-electron chi connectivity index (χ3n) is 2.77. The van der Waals surface area contributed by atoms with E-state index in [1.807, 2.05) is 0 Å². The van der Waals surface area contributed by atoms with Crippen LogP contribution in [0.2, 0.25) is 0 Å². The van der Waals surface area contributed by atoms with E-state index in [-0.39, 0.29) is 21.0 Å². The molecule has 0 fully saturated rings. The Kier molecular flexibility index (Phi) is 2.80. The van der Waals surface area contributed by atoms with Gasteiger partial charge < -0.3 is 4.57 Å². The van der Waals surface area contributed by atoms with E-state index in [4.69, 9.17) is 0 Å². The molecule has 0 radical (unpaired) electrons. The average Bonchev–Trinajstić information content (AvgIpc) is 3.06. The van der Waals surface area contributed by atoms with E-state index >= 15 is 0 Å². The van der Waals surface area contributed by atoms with Gasteiger partial charge >= 0.3 is 15.5 Å². The maximum absolute atomic E-state index is 12.6. The molecule has 0 aliphatic rings. The number of rotatable bonds is 2. The number of nitrogens with zero attached hydrogens (tertiary/aromatic N) is 4. The van der Waals surface area contributed by atoms with Crippen LogP contribution < -0.4 is 0 Å². The highest BCUT2D eigenvalue weighted by Gasteiger charge is 2.48. The van der Waals surface area contributed by atoms with E-state index in [2.05, 4.69) is 9.97 Å². The molecule has 3 rings (SSSR count). The minimum Gasteiger partial charge on any atom is -0.309 e. The number of hydrogen-bond acceptors (Lipinski definition) is 4. The lowest BCUT2D eigenvalue weighted by molar-refractivity contribution is -0.0445. The predicted octanol–water partition coefficient (Wildman–Crippen LogP) is 1.92. The molecule has 21 heavy (non-hydrogen) atoms. The fraction of sp³-hybridized carbons (Fsp3) is 0.0909. The second-order valence-electron chi connectivity index (χ2n) is 4.09. The van der Waals surface area contributed by atoms with E-state index in [9.17, 15) is 21.6 Å². The lowest BCUT2D eigenvalue weighted by Gasteiger charge is -2.09. The Hall–Kier alpha value is -2.36. The topological polar surface area (TPSA) is 69.8 Å². The fourth-order valence-electron chi connectivity index (χ4n) is 1.78. The molecule has 3 heterocycles. The molecule has 0 atom stereocenters. The van der Waals surface area contributed by atoms with Gasteiger partial charge in [-0.1, -0.05) is 0 Å². The van der Waals surface area contributed by atoms with E-state index < -0.39 is 15.5 Å². The lowest BCUT2D eigenvalue weighted by Crippen LogP contribution is -2.29. The normalized spacial score (nSPS) is 12.9. The molecule has 0 aliphatic heterocycles. The van der Waals surface area contributed by atoms with Gasteiger partial charge in [0, 0.05) is 12.4 Å². The van der Waals surface area contributed by atoms with Crippen LogP contribution in [-0.2, 0) is 10.0 Å². The standard InChI is InChI=1S/C11H7F3N4O2S/c12-11(13,14)21(19,20)18-7-15-8-3-4-9(16-10(8)18)17-5-1-2-6-17/h1-7H. The molecule has 3 aromatic heterocycles. The largest absolute Gasteiger partial charge is 0.517 e. The van der Waals surface area contributed by atoms with Crippen LogP contribution in [0.25, 0.3) is 17.0 Å². The summed E-state index contributed by atoms with van der Waals surface area (Å²) < 4.78 is 62.4. The molecule has 0 aromatic carbocycles. The molecule has 0 N–H and O–H groups in total. The molecule has 0 spiro atoms. The SMILES string of the molecule is O=S(=O)(n1cnc2ccc(-n3cccc3)nc21)C(F)(F)F. The first-order valence-electron chi connectivity index (χ1n) is 5.60. The third kappa shape index (κ3) is 2.07. The molecule has 0 saturated carbocycles. The first-order chi connectivity index (χ1) is 9.80. The van der Waals surface area contributed by atoms with Crippen molar-refractivity contribution in [3.63, 3.8) is 0 Å². The number of halogens is 3. The molecule has 6 nitrogen and oxygen atoms in total. The van der Waals surface area contributed by atoms with Gasteiger partial charge in [0.15, 0.2) is 5.65 Å². The van der Waals surface area contributed by atoms with Crippen molar-refractivity contribution in [2.24, 2.45) is 0 Å². The highest BCUT2D eigenvalue weighted by atomic mass is 32.2. The van der Waals surface area contributed by atoms with Crippen LogP contribution in [0.15, 0.2) is 43.0 Å². The van der Waals surface area contributed by atoms with Gasteiger partial charge in [0.1, 0.15) is 17.7 Å². The number of fused-ring (bicyclic) bond motifs is 1. The summed E-state index contributed by atoms with van der Waals surface area (Å²) in [6.45, 7) is 0. The van der Waals surface area contributed by atoms with Crippen LogP contribution in [0.1, 0.15) is 0 Å². The van der Waals surface area contributed by atoms with Crippen molar-refractivity contribution in [1.82, 2.24) is 18.5 Å². The van der Waals surface area contributed by atoms with Gasteiger partial charge in [0.05, 0.1) is 0 Å². The van der Waals surface area contributed by atoms with Crippen molar-refractivity contribution in [2.45, 2.75) is 5.51 Å². The van der Waals surface area contributed by atoms with Gasteiger partial charge in [-0.15, -0.1) is 0 Å². The Labute approximate surface area is 116 Å². The minimum atomic E-state index is -5.56. The van der Waals surface area contributed by atoms with E-state index in [0.717, 1.165) is 0 Å². The fourth-order valence-corrected chi connectivity index (χ4v) is 2.54. The maximum Gasteiger partial charge on any atom is 0.517 e. The summed E-state index contributed by atoms with van der Waals surface area (Å²) in [6.07, 6.45) is 3.86. The van der Waals surface area contributed by atoms with E-state index in [0.29, 0.717) is 6.33 Å². The number of hydrogen-bond donors (Lipinski definition) is 0. The van der Waals surface area contributed by atoms with Gasteiger partial charge in [-0.05, 0) is 24.3 Å². The number of imidazole rings is 1. The van der Waals surface area contributed by atoms with Gasteiger partial charge in [0.2, 0.25) is 0 Å². The zero-order chi connectivity index (χ0) is 15.3. The van der Waals surface area contributed by atoms with Crippen LogP contribution in [0.4, 0.5) is 13.2 Å². The molecule has 10 heteroatoms. The maximum atomic E-state index is 12.6. The van der Waals surface area contributed by atoms with Gasteiger partial charge in [0.25, 0.3) is 0 Å². The Balaban J connectivity index is 2.25. The zero-order valence-corrected chi connectivity index (χ0v) is 11.0. The number of alkyl halides is 3. The van der Waals surface area contributed by atoms with Crippen LogP contribution in [0.5, 0.6) is 0 Å². The summed E-state index contributed by atoms with van der Waals surface area (Å²) in [5, 5.41) is 0. The number of pyridine rings is 1. The highest BCUT2D eigenvalue weighted by Crippen LogP contribution is 2.27.